The molecule has 0 amide bonds. The summed E-state index contributed by atoms with van der Waals surface area (Å²) >= 11 is 6.29. The van der Waals surface area contributed by atoms with E-state index in [0.29, 0.717) is 22.5 Å². The Kier molecular flexibility index (Phi) is 4.84. The second-order valence-electron chi connectivity index (χ2n) is 6.93. The van der Waals surface area contributed by atoms with Gasteiger partial charge in [-0.05, 0) is 33.4 Å². The van der Waals surface area contributed by atoms with Crippen molar-refractivity contribution >= 4 is 35.9 Å². The number of nitrogens with zero attached hydrogens (tertiary/aromatic N) is 1. The highest BCUT2D eigenvalue weighted by molar-refractivity contribution is 6.96. The number of H-pyrrole nitrogens is 1. The van der Waals surface area contributed by atoms with Crippen LogP contribution >= 0.6 is 11.6 Å². The predicted octanol–water partition coefficient (Wildman–Crippen LogP) is 5.19. The van der Waals surface area contributed by atoms with Gasteiger partial charge in [-0.15, -0.1) is 11.6 Å². The number of fused-ring (bicyclic) bond motifs is 1. The molecule has 2 nitrogen and oxygen atoms in total. The van der Waals surface area contributed by atoms with Crippen molar-refractivity contribution in [3.05, 3.63) is 24.0 Å². The third-order valence-corrected chi connectivity index (χ3v) is 12.6. The van der Waals surface area contributed by atoms with Gasteiger partial charge < -0.3 is 4.98 Å². The molecule has 0 aromatic carbocycles. The summed E-state index contributed by atoms with van der Waals surface area (Å²) in [4.78, 5) is 7.81. The third kappa shape index (κ3) is 2.44. The minimum Gasteiger partial charge on any atom is -0.346 e. The number of aromatic nitrogens is 2. The van der Waals surface area contributed by atoms with E-state index in [1.54, 1.807) is 0 Å². The van der Waals surface area contributed by atoms with E-state index in [2.05, 4.69) is 57.6 Å². The van der Waals surface area contributed by atoms with E-state index in [9.17, 15) is 0 Å². The third-order valence-electron chi connectivity index (χ3n) is 5.11. The summed E-state index contributed by atoms with van der Waals surface area (Å²) in [7, 11) is -1.74. The highest BCUT2D eigenvalue weighted by Gasteiger charge is 2.46. The normalized spacial score (nSPS) is 13.0. The molecular weight excluding hydrogens is 296 g/mol. The highest BCUT2D eigenvalue weighted by atomic mass is 35.5. The van der Waals surface area contributed by atoms with Crippen molar-refractivity contribution in [1.82, 2.24) is 9.97 Å². The van der Waals surface area contributed by atoms with Gasteiger partial charge in [0.25, 0.3) is 0 Å². The molecule has 4 heteroatoms. The fourth-order valence-electron chi connectivity index (χ4n) is 4.53. The lowest BCUT2D eigenvalue weighted by atomic mass is 10.2. The summed E-state index contributed by atoms with van der Waals surface area (Å²) < 4.78 is 0. The van der Waals surface area contributed by atoms with Crippen molar-refractivity contribution in [2.24, 2.45) is 0 Å². The molecule has 0 unspecified atom stereocenters. The molecule has 0 fully saturated rings. The van der Waals surface area contributed by atoms with Gasteiger partial charge in [-0.1, -0.05) is 41.5 Å². The van der Waals surface area contributed by atoms with Crippen molar-refractivity contribution in [3.8, 4) is 0 Å². The summed E-state index contributed by atoms with van der Waals surface area (Å²) in [5.74, 6) is 0.546. The monoisotopic (exact) mass is 322 g/mol. The molecule has 0 aliphatic heterocycles. The molecule has 2 heterocycles. The number of alkyl halides is 1. The molecule has 2 aromatic heterocycles. The Bertz CT molecular complexity index is 595. The average molecular weight is 323 g/mol. The Morgan fingerprint density at radius 3 is 2.14 bits per heavy atom. The molecule has 0 bridgehead atoms. The smallest absolute Gasteiger partial charge is 0.137 e. The zero-order valence-corrected chi connectivity index (χ0v) is 15.8. The summed E-state index contributed by atoms with van der Waals surface area (Å²) in [5.41, 5.74) is 4.23. The van der Waals surface area contributed by atoms with Gasteiger partial charge in [0.15, 0.2) is 0 Å². The van der Waals surface area contributed by atoms with Gasteiger partial charge in [0.1, 0.15) is 5.65 Å². The van der Waals surface area contributed by atoms with E-state index in [4.69, 9.17) is 11.6 Å². The maximum absolute atomic E-state index is 6.29. The van der Waals surface area contributed by atoms with Crippen LogP contribution in [0.2, 0.25) is 16.6 Å². The van der Waals surface area contributed by atoms with Crippen molar-refractivity contribution in [1.29, 1.82) is 0 Å². The lowest BCUT2D eigenvalue weighted by molar-refractivity contribution is 0.834. The van der Waals surface area contributed by atoms with E-state index in [-0.39, 0.29) is 0 Å². The predicted molar refractivity (Wildman–Crippen MR) is 96.3 cm³/mol. The van der Waals surface area contributed by atoms with Gasteiger partial charge in [-0.3, -0.25) is 0 Å². The molecule has 0 radical (unpaired) electrons. The van der Waals surface area contributed by atoms with Crippen LogP contribution in [-0.4, -0.2) is 18.0 Å². The van der Waals surface area contributed by atoms with Crippen molar-refractivity contribution in [2.75, 3.05) is 0 Å². The minimum atomic E-state index is -1.74. The maximum Gasteiger partial charge on any atom is 0.137 e. The summed E-state index contributed by atoms with van der Waals surface area (Å²) in [5, 5.41) is 2.82. The first-order valence-electron chi connectivity index (χ1n) is 7.88. The second kappa shape index (κ2) is 6.13. The topological polar surface area (TPSA) is 28.7 Å². The molecule has 2 aromatic rings. The Morgan fingerprint density at radius 1 is 1.10 bits per heavy atom. The number of aromatic amines is 1. The first kappa shape index (κ1) is 16.6. The Morgan fingerprint density at radius 2 is 1.67 bits per heavy atom. The Hall–Kier alpha value is -0.803. The summed E-state index contributed by atoms with van der Waals surface area (Å²) in [6, 6.07) is 2.18. The highest BCUT2D eigenvalue weighted by Crippen LogP contribution is 2.42. The quantitative estimate of drug-likeness (QED) is 0.595. The Labute approximate surface area is 134 Å². The van der Waals surface area contributed by atoms with Crippen LogP contribution in [0.15, 0.2) is 18.5 Å². The lowest BCUT2D eigenvalue weighted by Gasteiger charge is -2.45. The van der Waals surface area contributed by atoms with Gasteiger partial charge in [0, 0.05) is 23.7 Å². The largest absolute Gasteiger partial charge is 0.346 e. The van der Waals surface area contributed by atoms with Crippen LogP contribution in [0.25, 0.3) is 11.0 Å². The fraction of sp³-hybridized carbons (Fsp3) is 0.588. The molecule has 0 spiro atoms. The molecule has 116 valence electrons. The first-order valence-corrected chi connectivity index (χ1v) is 10.6. The van der Waals surface area contributed by atoms with Crippen LogP contribution in [-0.2, 0) is 5.88 Å². The molecule has 0 aliphatic rings. The molecule has 21 heavy (non-hydrogen) atoms. The molecule has 0 saturated carbocycles. The van der Waals surface area contributed by atoms with Gasteiger partial charge >= 0.3 is 0 Å². The molecule has 0 atom stereocenters. The number of nitrogens with one attached hydrogen (secondary N) is 1. The SMILES string of the molecule is CC(C)[Si](c1c(CCl)cnc2[nH]ccc12)(C(C)C)C(C)C. The van der Waals surface area contributed by atoms with Crippen LogP contribution < -0.4 is 5.19 Å². The lowest BCUT2D eigenvalue weighted by Crippen LogP contribution is -2.57. The van der Waals surface area contributed by atoms with E-state index < -0.39 is 8.07 Å². The number of rotatable bonds is 5. The van der Waals surface area contributed by atoms with Crippen molar-refractivity contribution < 1.29 is 0 Å². The summed E-state index contributed by atoms with van der Waals surface area (Å²) in [6.07, 6.45) is 3.98. The number of halogens is 1. The second-order valence-corrected chi connectivity index (χ2v) is 13.0. The van der Waals surface area contributed by atoms with Gasteiger partial charge in [-0.25, -0.2) is 4.98 Å². The minimum absolute atomic E-state index is 0.546. The maximum atomic E-state index is 6.29. The zero-order chi connectivity index (χ0) is 15.8. The van der Waals surface area contributed by atoms with E-state index in [0.717, 1.165) is 5.65 Å². The van der Waals surface area contributed by atoms with Crippen LogP contribution in [0, 0.1) is 0 Å². The molecule has 1 N–H and O–H groups in total. The summed E-state index contributed by atoms with van der Waals surface area (Å²) in [6.45, 7) is 14.4. The van der Waals surface area contributed by atoms with Gasteiger partial charge in [0.2, 0.25) is 0 Å². The van der Waals surface area contributed by atoms with Crippen LogP contribution in [0.4, 0.5) is 0 Å². The van der Waals surface area contributed by atoms with Crippen LogP contribution in [0.5, 0.6) is 0 Å². The van der Waals surface area contributed by atoms with Crippen LogP contribution in [0.1, 0.15) is 47.1 Å². The van der Waals surface area contributed by atoms with E-state index in [1.807, 2.05) is 12.4 Å². The van der Waals surface area contributed by atoms with Crippen LogP contribution in [0.3, 0.4) is 0 Å². The zero-order valence-electron chi connectivity index (χ0n) is 14.0. The number of hydrogen-bond acceptors (Lipinski definition) is 1. The molecule has 2 rings (SSSR count). The molecule has 0 aliphatic carbocycles. The van der Waals surface area contributed by atoms with Gasteiger partial charge in [0.05, 0.1) is 8.07 Å². The van der Waals surface area contributed by atoms with E-state index in [1.165, 1.54) is 16.1 Å². The Balaban J connectivity index is 2.90. The number of hydrogen-bond donors (Lipinski definition) is 1. The molecule has 0 saturated heterocycles. The molecular formula is C17H27ClN2Si. The number of pyridine rings is 1. The first-order chi connectivity index (χ1) is 9.87. The van der Waals surface area contributed by atoms with Crippen molar-refractivity contribution in [3.63, 3.8) is 0 Å². The van der Waals surface area contributed by atoms with Gasteiger partial charge in [-0.2, -0.15) is 0 Å². The average Bonchev–Trinajstić information content (AvgIpc) is 2.86. The van der Waals surface area contributed by atoms with E-state index >= 15 is 0 Å². The van der Waals surface area contributed by atoms with Crippen molar-refractivity contribution in [2.45, 2.75) is 64.0 Å². The fourth-order valence-corrected chi connectivity index (χ4v) is 12.0. The standard InChI is InChI=1S/C17H27ClN2Si/c1-11(2)21(12(3)4,13(5)6)16-14(9-18)10-20-17-15(16)7-8-19-17/h7-8,10-13H,9H2,1-6H3,(H,19,20).